The summed E-state index contributed by atoms with van der Waals surface area (Å²) in [6, 6.07) is 0. The van der Waals surface area contributed by atoms with Gasteiger partial charge in [0.15, 0.2) is 5.60 Å². The molecular formula is C14H24O3S3. The molecule has 0 aromatic rings. The number of esters is 1. The van der Waals surface area contributed by atoms with E-state index in [2.05, 4.69) is 6.08 Å². The van der Waals surface area contributed by atoms with Crippen LogP contribution < -0.4 is 0 Å². The van der Waals surface area contributed by atoms with Crippen LogP contribution in [0.25, 0.3) is 0 Å². The average molecular weight is 337 g/mol. The Morgan fingerprint density at radius 1 is 1.50 bits per heavy atom. The van der Waals surface area contributed by atoms with Gasteiger partial charge >= 0.3 is 5.97 Å². The van der Waals surface area contributed by atoms with Crippen LogP contribution in [0.15, 0.2) is 10.3 Å². The molecule has 1 saturated heterocycles. The van der Waals surface area contributed by atoms with Gasteiger partial charge in [-0.1, -0.05) is 13.0 Å². The molecule has 1 rings (SSSR count). The highest BCUT2D eigenvalue weighted by molar-refractivity contribution is 8.22. The summed E-state index contributed by atoms with van der Waals surface area (Å²) in [5.74, 6) is 2.52. The van der Waals surface area contributed by atoms with E-state index in [4.69, 9.17) is 9.47 Å². The van der Waals surface area contributed by atoms with Crippen LogP contribution >= 0.6 is 35.3 Å². The van der Waals surface area contributed by atoms with Crippen LogP contribution in [-0.4, -0.2) is 41.9 Å². The molecule has 0 amide bonds. The first-order chi connectivity index (χ1) is 9.54. The van der Waals surface area contributed by atoms with E-state index in [0.29, 0.717) is 12.5 Å². The number of thioether (sulfide) groups is 3. The maximum atomic E-state index is 12.3. The third kappa shape index (κ3) is 5.20. The Bertz CT molecular complexity index is 339. The molecule has 1 aliphatic heterocycles. The van der Waals surface area contributed by atoms with Crippen LogP contribution in [0.3, 0.4) is 0 Å². The fourth-order valence-electron chi connectivity index (χ4n) is 1.74. The van der Waals surface area contributed by atoms with E-state index in [0.717, 1.165) is 11.5 Å². The predicted octanol–water partition coefficient (Wildman–Crippen LogP) is 3.99. The first-order valence-electron chi connectivity index (χ1n) is 6.82. The molecule has 0 spiro atoms. The second-order valence-electron chi connectivity index (χ2n) is 4.70. The van der Waals surface area contributed by atoms with Gasteiger partial charge in [-0.2, -0.15) is 0 Å². The fourth-order valence-corrected chi connectivity index (χ4v) is 4.70. The van der Waals surface area contributed by atoms with Gasteiger partial charge in [-0.15, -0.1) is 35.3 Å². The molecule has 0 aromatic heterocycles. The summed E-state index contributed by atoms with van der Waals surface area (Å²) < 4.78 is 12.3. The van der Waals surface area contributed by atoms with Gasteiger partial charge in [-0.25, -0.2) is 4.79 Å². The summed E-state index contributed by atoms with van der Waals surface area (Å²) in [4.78, 5) is 12.3. The predicted molar refractivity (Wildman–Crippen MR) is 91.3 cm³/mol. The molecule has 6 heteroatoms. The van der Waals surface area contributed by atoms with Gasteiger partial charge in [0.1, 0.15) is 0 Å². The molecule has 3 nitrogen and oxygen atoms in total. The average Bonchev–Trinajstić information content (AvgIpc) is 2.46. The highest BCUT2D eigenvalue weighted by Gasteiger charge is 2.41. The molecule has 1 heterocycles. The minimum atomic E-state index is -0.912. The minimum absolute atomic E-state index is 0.0122. The molecule has 0 radical (unpaired) electrons. The van der Waals surface area contributed by atoms with Gasteiger partial charge in [-0.05, 0) is 38.0 Å². The first kappa shape index (κ1) is 18.3. The smallest absolute Gasteiger partial charge is 0.338 e. The highest BCUT2D eigenvalue weighted by atomic mass is 32.2. The maximum absolute atomic E-state index is 12.3. The molecule has 0 unspecified atom stereocenters. The van der Waals surface area contributed by atoms with Crippen LogP contribution in [0.5, 0.6) is 0 Å². The van der Waals surface area contributed by atoms with Crippen molar-refractivity contribution in [2.24, 2.45) is 5.92 Å². The van der Waals surface area contributed by atoms with E-state index in [9.17, 15) is 4.79 Å². The van der Waals surface area contributed by atoms with E-state index in [1.165, 1.54) is 10.7 Å². The Morgan fingerprint density at radius 3 is 2.70 bits per heavy atom. The Labute approximate surface area is 135 Å². The molecular weight excluding hydrogens is 312 g/mol. The second-order valence-corrected chi connectivity index (χ2v) is 8.05. The zero-order chi connectivity index (χ0) is 15.0. The Balaban J connectivity index is 2.81. The molecule has 116 valence electrons. The molecule has 2 atom stereocenters. The molecule has 1 fully saturated rings. The summed E-state index contributed by atoms with van der Waals surface area (Å²) in [7, 11) is 0. The first-order valence-corrected chi connectivity index (χ1v) is 10.2. The van der Waals surface area contributed by atoms with Crippen LogP contribution in [0.1, 0.15) is 27.2 Å². The molecule has 20 heavy (non-hydrogen) atoms. The van der Waals surface area contributed by atoms with Crippen LogP contribution in [0.2, 0.25) is 0 Å². The van der Waals surface area contributed by atoms with Crippen molar-refractivity contribution in [1.29, 1.82) is 0 Å². The molecule has 0 N–H and O–H groups in total. The number of rotatable bonds is 7. The zero-order valence-electron chi connectivity index (χ0n) is 12.6. The number of carbonyl (C=O) groups is 1. The summed E-state index contributed by atoms with van der Waals surface area (Å²) in [5, 5.41) is 0. The van der Waals surface area contributed by atoms with Crippen molar-refractivity contribution >= 4 is 41.3 Å². The van der Waals surface area contributed by atoms with Crippen molar-refractivity contribution in [2.45, 2.75) is 32.8 Å². The lowest BCUT2D eigenvalue weighted by Crippen LogP contribution is -2.45. The summed E-state index contributed by atoms with van der Waals surface area (Å²) in [6.45, 7) is 6.06. The van der Waals surface area contributed by atoms with Crippen molar-refractivity contribution in [3.8, 4) is 0 Å². The standard InChI is InChI=1S/C14H24O3S3/c1-5-16-13(15)14(3,17-10-18-4)11(2)9-12-19-7-6-8-20-12/h9,11H,5-8,10H2,1-4H3/t11-,14+/m1/s1. The van der Waals surface area contributed by atoms with Crippen LogP contribution in [0, 0.1) is 5.92 Å². The minimum Gasteiger partial charge on any atom is -0.464 e. The normalized spacial score (nSPS) is 20.1. The van der Waals surface area contributed by atoms with Gasteiger partial charge in [0.25, 0.3) is 0 Å². The topological polar surface area (TPSA) is 35.5 Å². The zero-order valence-corrected chi connectivity index (χ0v) is 15.1. The van der Waals surface area contributed by atoms with Crippen molar-refractivity contribution in [1.82, 2.24) is 0 Å². The fraction of sp³-hybridized carbons (Fsp3) is 0.786. The van der Waals surface area contributed by atoms with Crippen LogP contribution in [-0.2, 0) is 14.3 Å². The summed E-state index contributed by atoms with van der Waals surface area (Å²) >= 11 is 5.30. The van der Waals surface area contributed by atoms with E-state index in [1.54, 1.807) is 11.8 Å². The monoisotopic (exact) mass is 336 g/mol. The molecule has 0 saturated carbocycles. The van der Waals surface area contributed by atoms with E-state index in [-0.39, 0.29) is 11.9 Å². The third-order valence-corrected chi connectivity index (χ3v) is 6.08. The second kappa shape index (κ2) is 9.28. The van der Waals surface area contributed by atoms with Crippen molar-refractivity contribution in [2.75, 3.05) is 30.3 Å². The van der Waals surface area contributed by atoms with Gasteiger partial charge in [-0.3, -0.25) is 0 Å². The Morgan fingerprint density at radius 2 is 2.15 bits per heavy atom. The van der Waals surface area contributed by atoms with E-state index in [1.807, 2.05) is 50.6 Å². The van der Waals surface area contributed by atoms with Crippen molar-refractivity contribution < 1.29 is 14.3 Å². The maximum Gasteiger partial charge on any atom is 0.338 e. The molecule has 0 aromatic carbocycles. The van der Waals surface area contributed by atoms with Crippen LogP contribution in [0.4, 0.5) is 0 Å². The van der Waals surface area contributed by atoms with Gasteiger partial charge < -0.3 is 9.47 Å². The number of ether oxygens (including phenoxy) is 2. The Kier molecular flexibility index (Phi) is 8.48. The Hall–Kier alpha value is 0.220. The number of carbonyl (C=O) groups excluding carboxylic acids is 1. The highest BCUT2D eigenvalue weighted by Crippen LogP contribution is 2.37. The lowest BCUT2D eigenvalue weighted by atomic mass is 9.90. The quantitative estimate of drug-likeness (QED) is 0.517. The lowest BCUT2D eigenvalue weighted by Gasteiger charge is -2.32. The lowest BCUT2D eigenvalue weighted by molar-refractivity contribution is -0.171. The van der Waals surface area contributed by atoms with Gasteiger partial charge in [0.05, 0.1) is 12.5 Å². The third-order valence-electron chi connectivity index (χ3n) is 3.19. The molecule has 0 aliphatic carbocycles. The van der Waals surface area contributed by atoms with Crippen molar-refractivity contribution in [3.05, 3.63) is 10.3 Å². The summed E-state index contributed by atoms with van der Waals surface area (Å²) in [5.41, 5.74) is -0.912. The number of hydrogen-bond acceptors (Lipinski definition) is 6. The molecule has 0 bridgehead atoms. The van der Waals surface area contributed by atoms with E-state index < -0.39 is 5.60 Å². The SMILES string of the molecule is CCOC(=O)[C@@](C)(OCSC)[C@H](C)C=C1SCCCS1. The van der Waals surface area contributed by atoms with Gasteiger partial charge in [0, 0.05) is 10.2 Å². The summed E-state index contributed by atoms with van der Waals surface area (Å²) in [6.07, 6.45) is 5.37. The van der Waals surface area contributed by atoms with Crippen molar-refractivity contribution in [3.63, 3.8) is 0 Å². The molecule has 1 aliphatic rings. The largest absolute Gasteiger partial charge is 0.464 e. The van der Waals surface area contributed by atoms with E-state index >= 15 is 0 Å². The van der Waals surface area contributed by atoms with Gasteiger partial charge in [0.2, 0.25) is 0 Å². The number of hydrogen-bond donors (Lipinski definition) is 0.